The van der Waals surface area contributed by atoms with E-state index in [1.54, 1.807) is 0 Å². The van der Waals surface area contributed by atoms with Gasteiger partial charge in [-0.1, -0.05) is 0 Å². The Hall–Kier alpha value is -1.92. The predicted octanol–water partition coefficient (Wildman–Crippen LogP) is -0.0873. The fourth-order valence-corrected chi connectivity index (χ4v) is 1.52. The Labute approximate surface area is 111 Å². The topological polar surface area (TPSA) is 102 Å². The third-order valence-corrected chi connectivity index (χ3v) is 2.55. The molecule has 19 heavy (non-hydrogen) atoms. The summed E-state index contributed by atoms with van der Waals surface area (Å²) in [7, 11) is 1.50. The lowest BCUT2D eigenvalue weighted by Gasteiger charge is -2.10. The molecule has 0 bridgehead atoms. The molecule has 0 aliphatic rings. The van der Waals surface area contributed by atoms with Crippen molar-refractivity contribution >= 4 is 11.8 Å². The number of carbonyl (C=O) groups is 2. The number of ether oxygens (including phenoxy) is 1. The van der Waals surface area contributed by atoms with Crippen LogP contribution in [0, 0.1) is 0 Å². The Morgan fingerprint density at radius 2 is 1.89 bits per heavy atom. The molecule has 0 spiro atoms. The van der Waals surface area contributed by atoms with Crippen LogP contribution in [0.25, 0.3) is 0 Å². The first-order valence-electron chi connectivity index (χ1n) is 5.89. The van der Waals surface area contributed by atoms with Gasteiger partial charge in [0.05, 0.1) is 12.7 Å². The van der Waals surface area contributed by atoms with E-state index in [-0.39, 0.29) is 12.5 Å². The van der Waals surface area contributed by atoms with E-state index in [1.165, 1.54) is 31.4 Å². The van der Waals surface area contributed by atoms with Crippen molar-refractivity contribution in [1.29, 1.82) is 0 Å². The van der Waals surface area contributed by atoms with Crippen molar-refractivity contribution < 1.29 is 19.4 Å². The number of benzene rings is 1. The lowest BCUT2D eigenvalue weighted by Crippen LogP contribution is -2.28. The van der Waals surface area contributed by atoms with Gasteiger partial charge in [0.25, 0.3) is 5.91 Å². The van der Waals surface area contributed by atoms with Crippen LogP contribution in [0.1, 0.15) is 27.1 Å². The van der Waals surface area contributed by atoms with E-state index >= 15 is 0 Å². The van der Waals surface area contributed by atoms with Crippen LogP contribution in [-0.4, -0.2) is 43.3 Å². The first-order valence-corrected chi connectivity index (χ1v) is 5.89. The number of aliphatic hydroxyl groups excluding tert-OH is 1. The van der Waals surface area contributed by atoms with Gasteiger partial charge >= 0.3 is 0 Å². The van der Waals surface area contributed by atoms with Crippen LogP contribution in [-0.2, 0) is 4.74 Å². The normalized spacial score (nSPS) is 11.9. The number of rotatable bonds is 7. The molecule has 0 heterocycles. The molecule has 0 fully saturated rings. The number of hydrogen-bond acceptors (Lipinski definition) is 4. The van der Waals surface area contributed by atoms with Crippen LogP contribution in [0.15, 0.2) is 24.3 Å². The van der Waals surface area contributed by atoms with Crippen molar-refractivity contribution in [3.63, 3.8) is 0 Å². The van der Waals surface area contributed by atoms with Crippen LogP contribution < -0.4 is 11.1 Å². The maximum atomic E-state index is 11.7. The largest absolute Gasteiger partial charge is 0.391 e. The summed E-state index contributed by atoms with van der Waals surface area (Å²) in [4.78, 5) is 22.6. The third-order valence-electron chi connectivity index (χ3n) is 2.55. The molecule has 1 aromatic carbocycles. The van der Waals surface area contributed by atoms with E-state index in [9.17, 15) is 14.7 Å². The maximum absolute atomic E-state index is 11.7. The number of primary amides is 1. The van der Waals surface area contributed by atoms with Gasteiger partial charge in [-0.2, -0.15) is 0 Å². The molecular weight excluding hydrogens is 248 g/mol. The second-order valence-electron chi connectivity index (χ2n) is 4.10. The lowest BCUT2D eigenvalue weighted by atomic mass is 10.1. The van der Waals surface area contributed by atoms with Crippen LogP contribution in [0.3, 0.4) is 0 Å². The molecule has 0 aromatic heterocycles. The van der Waals surface area contributed by atoms with E-state index in [0.717, 1.165) is 0 Å². The minimum Gasteiger partial charge on any atom is -0.391 e. The maximum Gasteiger partial charge on any atom is 0.251 e. The van der Waals surface area contributed by atoms with Gasteiger partial charge in [-0.15, -0.1) is 0 Å². The Kier molecular flexibility index (Phi) is 5.98. The SMILES string of the molecule is COCC(O)CCNC(=O)c1ccc(C(N)=O)cc1. The number of hydrogen-bond donors (Lipinski definition) is 3. The quantitative estimate of drug-likeness (QED) is 0.642. The third kappa shape index (κ3) is 5.07. The molecule has 1 rings (SSSR count). The Bertz CT molecular complexity index is 431. The second kappa shape index (κ2) is 7.50. The molecule has 6 nitrogen and oxygen atoms in total. The monoisotopic (exact) mass is 266 g/mol. The number of methoxy groups -OCH3 is 1. The lowest BCUT2D eigenvalue weighted by molar-refractivity contribution is 0.0587. The number of aliphatic hydroxyl groups is 1. The summed E-state index contributed by atoms with van der Waals surface area (Å²) in [6, 6.07) is 6.05. The van der Waals surface area contributed by atoms with Crippen molar-refractivity contribution in [2.45, 2.75) is 12.5 Å². The average Bonchev–Trinajstić information content (AvgIpc) is 2.39. The summed E-state index contributed by atoms with van der Waals surface area (Å²) in [5, 5.41) is 12.1. The van der Waals surface area contributed by atoms with Crippen LogP contribution in [0.2, 0.25) is 0 Å². The zero-order valence-electron chi connectivity index (χ0n) is 10.8. The predicted molar refractivity (Wildman–Crippen MR) is 69.8 cm³/mol. The van der Waals surface area contributed by atoms with Crippen LogP contribution in [0.5, 0.6) is 0 Å². The van der Waals surface area contributed by atoms with E-state index in [1.807, 2.05) is 0 Å². The van der Waals surface area contributed by atoms with Crippen molar-refractivity contribution in [2.24, 2.45) is 5.73 Å². The number of nitrogens with one attached hydrogen (secondary N) is 1. The average molecular weight is 266 g/mol. The fraction of sp³-hybridized carbons (Fsp3) is 0.385. The summed E-state index contributed by atoms with van der Waals surface area (Å²) < 4.78 is 4.77. The molecule has 1 aromatic rings. The molecule has 0 radical (unpaired) electrons. The molecule has 0 aliphatic heterocycles. The minimum absolute atomic E-state index is 0.239. The smallest absolute Gasteiger partial charge is 0.251 e. The van der Waals surface area contributed by atoms with Crippen molar-refractivity contribution in [3.8, 4) is 0 Å². The number of carbonyl (C=O) groups excluding carboxylic acids is 2. The van der Waals surface area contributed by atoms with Crippen LogP contribution in [0.4, 0.5) is 0 Å². The van der Waals surface area contributed by atoms with Gasteiger partial charge in [0, 0.05) is 24.8 Å². The standard InChI is InChI=1S/C13H18N2O4/c1-19-8-11(16)6-7-15-13(18)10-4-2-9(3-5-10)12(14)17/h2-5,11,16H,6-8H2,1H3,(H2,14,17)(H,15,18). The van der Waals surface area contributed by atoms with Gasteiger partial charge in [0.2, 0.25) is 5.91 Å². The molecule has 4 N–H and O–H groups in total. The Morgan fingerprint density at radius 1 is 1.32 bits per heavy atom. The highest BCUT2D eigenvalue weighted by Crippen LogP contribution is 2.04. The molecule has 1 atom stereocenters. The van der Waals surface area contributed by atoms with Gasteiger partial charge in [-0.05, 0) is 30.7 Å². The highest BCUT2D eigenvalue weighted by atomic mass is 16.5. The summed E-state index contributed by atoms with van der Waals surface area (Å²) in [5.74, 6) is -0.796. The second-order valence-corrected chi connectivity index (χ2v) is 4.10. The van der Waals surface area contributed by atoms with Crippen molar-refractivity contribution in [2.75, 3.05) is 20.3 Å². The van der Waals surface area contributed by atoms with E-state index in [0.29, 0.717) is 24.1 Å². The number of amides is 2. The van der Waals surface area contributed by atoms with Gasteiger partial charge in [0.1, 0.15) is 0 Å². The molecule has 2 amide bonds. The molecule has 104 valence electrons. The Balaban J connectivity index is 2.43. The zero-order valence-corrected chi connectivity index (χ0v) is 10.8. The van der Waals surface area contributed by atoms with E-state index in [4.69, 9.17) is 10.5 Å². The highest BCUT2D eigenvalue weighted by molar-refractivity contribution is 5.97. The van der Waals surface area contributed by atoms with E-state index in [2.05, 4.69) is 5.32 Å². The highest BCUT2D eigenvalue weighted by Gasteiger charge is 2.08. The zero-order chi connectivity index (χ0) is 14.3. The summed E-state index contributed by atoms with van der Waals surface area (Å²) in [6.45, 7) is 0.587. The molecule has 0 saturated carbocycles. The van der Waals surface area contributed by atoms with Gasteiger partial charge < -0.3 is 20.9 Å². The van der Waals surface area contributed by atoms with Gasteiger partial charge in [-0.3, -0.25) is 9.59 Å². The fourth-order valence-electron chi connectivity index (χ4n) is 1.52. The molecule has 0 saturated heterocycles. The molecular formula is C13H18N2O4. The molecule has 1 unspecified atom stereocenters. The Morgan fingerprint density at radius 3 is 2.42 bits per heavy atom. The summed E-state index contributed by atoms with van der Waals surface area (Å²) in [6.07, 6.45) is -0.179. The first-order chi connectivity index (χ1) is 9.04. The summed E-state index contributed by atoms with van der Waals surface area (Å²) in [5.41, 5.74) is 5.89. The van der Waals surface area contributed by atoms with Crippen molar-refractivity contribution in [3.05, 3.63) is 35.4 Å². The first kappa shape index (κ1) is 15.1. The minimum atomic E-state index is -0.595. The van der Waals surface area contributed by atoms with Crippen molar-refractivity contribution in [1.82, 2.24) is 5.32 Å². The summed E-state index contributed by atoms with van der Waals surface area (Å²) >= 11 is 0. The van der Waals surface area contributed by atoms with Gasteiger partial charge in [-0.25, -0.2) is 0 Å². The van der Waals surface area contributed by atoms with E-state index < -0.39 is 12.0 Å². The number of nitrogens with two attached hydrogens (primary N) is 1. The molecule has 6 heteroatoms. The molecule has 0 aliphatic carbocycles. The van der Waals surface area contributed by atoms with Crippen LogP contribution >= 0.6 is 0 Å². The van der Waals surface area contributed by atoms with Gasteiger partial charge in [0.15, 0.2) is 0 Å².